The van der Waals surface area contributed by atoms with E-state index in [1.54, 1.807) is 12.1 Å². The third-order valence-electron chi connectivity index (χ3n) is 5.55. The van der Waals surface area contributed by atoms with Gasteiger partial charge in [-0.2, -0.15) is 0 Å². The summed E-state index contributed by atoms with van der Waals surface area (Å²) in [4.78, 5) is 11.7. The number of carboxylic acid groups (broad SMARTS) is 1. The predicted octanol–water partition coefficient (Wildman–Crippen LogP) is 6.19. The molecule has 1 aliphatic rings. The van der Waals surface area contributed by atoms with Gasteiger partial charge in [0, 0.05) is 15.7 Å². The molecule has 3 aromatic rings. The van der Waals surface area contributed by atoms with E-state index >= 15 is 0 Å². The van der Waals surface area contributed by atoms with Crippen LogP contribution in [0.15, 0.2) is 71.2 Å². The quantitative estimate of drug-likeness (QED) is 0.354. The Labute approximate surface area is 207 Å². The first-order valence-electron chi connectivity index (χ1n) is 10.7. The van der Waals surface area contributed by atoms with E-state index < -0.39 is 16.0 Å². The molecule has 3 aromatic carbocycles. The number of benzene rings is 3. The zero-order valence-electron chi connectivity index (χ0n) is 18.5. The Kier molecular flexibility index (Phi) is 7.09. The molecule has 0 fully saturated rings. The fourth-order valence-electron chi connectivity index (χ4n) is 4.16. The lowest BCUT2D eigenvalue weighted by Gasteiger charge is -2.16. The van der Waals surface area contributed by atoms with Gasteiger partial charge in [0.1, 0.15) is 12.4 Å². The van der Waals surface area contributed by atoms with Gasteiger partial charge in [-0.05, 0) is 77.9 Å². The Balaban J connectivity index is 1.78. The summed E-state index contributed by atoms with van der Waals surface area (Å²) in [7, 11) is -3.56. The molecule has 0 atom stereocenters. The molecule has 0 saturated heterocycles. The smallest absolute Gasteiger partial charge is 0.335 e. The molecule has 0 saturated carbocycles. The van der Waals surface area contributed by atoms with E-state index in [1.807, 2.05) is 48.5 Å². The highest BCUT2D eigenvalue weighted by atomic mass is 79.9. The first-order valence-corrected chi connectivity index (χ1v) is 13.4. The molecule has 8 heteroatoms. The summed E-state index contributed by atoms with van der Waals surface area (Å²) in [6, 6.07) is 20.4. The number of carboxylic acids is 1. The second-order valence-corrected chi connectivity index (χ2v) is 10.9. The van der Waals surface area contributed by atoms with E-state index in [1.165, 1.54) is 6.07 Å². The van der Waals surface area contributed by atoms with Crippen molar-refractivity contribution in [2.24, 2.45) is 0 Å². The highest BCUT2D eigenvalue weighted by Crippen LogP contribution is 2.44. The molecular formula is C26H24BrNO5S. The molecule has 0 aliphatic heterocycles. The minimum atomic E-state index is -3.56. The van der Waals surface area contributed by atoms with Gasteiger partial charge in [-0.3, -0.25) is 4.72 Å². The first-order chi connectivity index (χ1) is 16.2. The van der Waals surface area contributed by atoms with E-state index in [2.05, 4.69) is 20.7 Å². The number of allylic oxidation sites excluding steroid dienone is 2. The van der Waals surface area contributed by atoms with Gasteiger partial charge in [0.15, 0.2) is 0 Å². The molecule has 0 amide bonds. The minimum absolute atomic E-state index is 0.0252. The monoisotopic (exact) mass is 541 g/mol. The van der Waals surface area contributed by atoms with Crippen LogP contribution in [0, 0.1) is 0 Å². The summed E-state index contributed by atoms with van der Waals surface area (Å²) in [6.07, 6.45) is 3.50. The van der Waals surface area contributed by atoms with Crippen molar-refractivity contribution in [2.45, 2.75) is 25.9 Å². The molecule has 0 heterocycles. The van der Waals surface area contributed by atoms with Crippen LogP contribution in [0.4, 0.5) is 5.69 Å². The van der Waals surface area contributed by atoms with Gasteiger partial charge in [0.25, 0.3) is 0 Å². The second kappa shape index (κ2) is 10.0. The molecule has 6 nitrogen and oxygen atoms in total. The Bertz CT molecular complexity index is 1370. The van der Waals surface area contributed by atoms with Crippen molar-refractivity contribution in [2.75, 3.05) is 11.0 Å². The van der Waals surface area contributed by atoms with Gasteiger partial charge in [0.05, 0.1) is 11.8 Å². The highest BCUT2D eigenvalue weighted by Gasteiger charge is 2.23. The van der Waals surface area contributed by atoms with E-state index in [9.17, 15) is 18.3 Å². The van der Waals surface area contributed by atoms with E-state index in [4.69, 9.17) is 4.74 Å². The summed E-state index contributed by atoms with van der Waals surface area (Å²) >= 11 is 3.56. The molecule has 0 spiro atoms. The van der Waals surface area contributed by atoms with Crippen LogP contribution < -0.4 is 9.46 Å². The van der Waals surface area contributed by atoms with Gasteiger partial charge < -0.3 is 9.84 Å². The highest BCUT2D eigenvalue weighted by molar-refractivity contribution is 9.10. The van der Waals surface area contributed by atoms with E-state index in [0.717, 1.165) is 58.0 Å². The molecule has 0 bridgehead atoms. The number of sulfonamides is 1. The summed E-state index contributed by atoms with van der Waals surface area (Å²) in [6.45, 7) is 0.426. The van der Waals surface area contributed by atoms with Crippen LogP contribution in [-0.2, 0) is 16.6 Å². The first kappa shape index (κ1) is 24.0. The SMILES string of the molecule is CS(=O)(=O)Nc1cc(C(=O)O)cc(C2=C(c3cc(Br)ccc3OCc3ccccc3)CCC2)c1. The summed E-state index contributed by atoms with van der Waals surface area (Å²) in [5.74, 6) is -0.377. The maximum Gasteiger partial charge on any atom is 0.335 e. The van der Waals surface area contributed by atoms with Crippen molar-refractivity contribution >= 4 is 48.8 Å². The van der Waals surface area contributed by atoms with E-state index in [0.29, 0.717) is 12.2 Å². The Hall–Kier alpha value is -3.10. The number of anilines is 1. The fourth-order valence-corrected chi connectivity index (χ4v) is 5.06. The number of hydrogen-bond acceptors (Lipinski definition) is 4. The number of halogens is 1. The number of aromatic carboxylic acids is 1. The van der Waals surface area contributed by atoms with Crippen LogP contribution >= 0.6 is 15.9 Å². The topological polar surface area (TPSA) is 92.7 Å². The third kappa shape index (κ3) is 5.87. The molecule has 34 heavy (non-hydrogen) atoms. The summed E-state index contributed by atoms with van der Waals surface area (Å²) in [5, 5.41) is 9.60. The minimum Gasteiger partial charge on any atom is -0.488 e. The molecule has 4 rings (SSSR count). The second-order valence-electron chi connectivity index (χ2n) is 8.20. The molecule has 0 unspecified atom stereocenters. The lowest BCUT2D eigenvalue weighted by molar-refractivity contribution is 0.0697. The van der Waals surface area contributed by atoms with Gasteiger partial charge >= 0.3 is 5.97 Å². The number of rotatable bonds is 8. The largest absolute Gasteiger partial charge is 0.488 e. The molecular weight excluding hydrogens is 518 g/mol. The van der Waals surface area contributed by atoms with Gasteiger partial charge in [-0.25, -0.2) is 13.2 Å². The van der Waals surface area contributed by atoms with Crippen molar-refractivity contribution in [1.29, 1.82) is 0 Å². The Morgan fingerprint density at radius 2 is 1.76 bits per heavy atom. The van der Waals surface area contributed by atoms with Crippen LogP contribution in [0.3, 0.4) is 0 Å². The van der Waals surface area contributed by atoms with Crippen molar-refractivity contribution in [3.63, 3.8) is 0 Å². The van der Waals surface area contributed by atoms with Gasteiger partial charge in [-0.15, -0.1) is 0 Å². The number of carbonyl (C=O) groups is 1. The molecule has 0 aromatic heterocycles. The molecule has 2 N–H and O–H groups in total. The van der Waals surface area contributed by atoms with Crippen LogP contribution in [0.2, 0.25) is 0 Å². The molecule has 176 valence electrons. The number of ether oxygens (including phenoxy) is 1. The van der Waals surface area contributed by atoms with E-state index in [-0.39, 0.29) is 11.3 Å². The number of nitrogens with one attached hydrogen (secondary N) is 1. The molecule has 1 aliphatic carbocycles. The lowest BCUT2D eigenvalue weighted by atomic mass is 9.95. The summed E-state index contributed by atoms with van der Waals surface area (Å²) < 4.78 is 33.1. The lowest BCUT2D eigenvalue weighted by Crippen LogP contribution is -2.11. The van der Waals surface area contributed by atoms with Crippen LogP contribution in [0.1, 0.15) is 46.3 Å². The van der Waals surface area contributed by atoms with Crippen molar-refractivity contribution in [3.8, 4) is 5.75 Å². The van der Waals surface area contributed by atoms with Gasteiger partial charge in [-0.1, -0.05) is 46.3 Å². The number of hydrogen-bond donors (Lipinski definition) is 2. The van der Waals surface area contributed by atoms with Gasteiger partial charge in [0.2, 0.25) is 10.0 Å². The normalized spacial score (nSPS) is 13.7. The predicted molar refractivity (Wildman–Crippen MR) is 137 cm³/mol. The maximum absolute atomic E-state index is 11.8. The Morgan fingerprint density at radius 3 is 2.47 bits per heavy atom. The van der Waals surface area contributed by atoms with Crippen LogP contribution in [0.25, 0.3) is 11.1 Å². The standard InChI is InChI=1S/C26H24BrNO5S/c1-34(31,32)28-21-13-18(12-19(14-21)26(29)30)22-8-5-9-23(22)24-15-20(27)10-11-25(24)33-16-17-6-3-2-4-7-17/h2-4,6-7,10-15,28H,5,8-9,16H2,1H3,(H,29,30). The average Bonchev–Trinajstić information content (AvgIpc) is 3.27. The van der Waals surface area contributed by atoms with Crippen molar-refractivity contribution < 1.29 is 23.1 Å². The average molecular weight is 542 g/mol. The zero-order chi connectivity index (χ0) is 24.3. The van der Waals surface area contributed by atoms with Crippen molar-refractivity contribution in [3.05, 3.63) is 93.5 Å². The van der Waals surface area contributed by atoms with Crippen molar-refractivity contribution in [1.82, 2.24) is 0 Å². The fraction of sp³-hybridized carbons (Fsp3) is 0.192. The third-order valence-corrected chi connectivity index (χ3v) is 6.65. The maximum atomic E-state index is 11.8. The molecule has 0 radical (unpaired) electrons. The summed E-state index contributed by atoms with van der Waals surface area (Å²) in [5.41, 5.74) is 4.99. The Morgan fingerprint density at radius 1 is 1.03 bits per heavy atom. The van der Waals surface area contributed by atoms with Crippen LogP contribution in [0.5, 0.6) is 5.75 Å². The zero-order valence-corrected chi connectivity index (χ0v) is 20.9. The van der Waals surface area contributed by atoms with Crippen LogP contribution in [-0.4, -0.2) is 25.7 Å².